The SMILES string of the molecule is CCCOc1ccc(Cc2ccc(OCCOC)cc2)cc1. The van der Waals surface area contributed by atoms with Crippen LogP contribution < -0.4 is 9.47 Å². The molecule has 2 rings (SSSR count). The minimum Gasteiger partial charge on any atom is -0.494 e. The van der Waals surface area contributed by atoms with Gasteiger partial charge in [-0.3, -0.25) is 0 Å². The number of hydrogen-bond donors (Lipinski definition) is 0. The molecule has 0 heterocycles. The first kappa shape index (κ1) is 16.4. The summed E-state index contributed by atoms with van der Waals surface area (Å²) in [6, 6.07) is 16.5. The zero-order chi connectivity index (χ0) is 15.6. The second-order valence-electron chi connectivity index (χ2n) is 5.15. The summed E-state index contributed by atoms with van der Waals surface area (Å²) in [7, 11) is 1.67. The number of ether oxygens (including phenoxy) is 3. The summed E-state index contributed by atoms with van der Waals surface area (Å²) >= 11 is 0. The van der Waals surface area contributed by atoms with Gasteiger partial charge in [0.2, 0.25) is 0 Å². The molecule has 0 saturated heterocycles. The largest absolute Gasteiger partial charge is 0.494 e. The van der Waals surface area contributed by atoms with Crippen LogP contribution in [-0.2, 0) is 11.2 Å². The van der Waals surface area contributed by atoms with Gasteiger partial charge in [-0.2, -0.15) is 0 Å². The summed E-state index contributed by atoms with van der Waals surface area (Å²) in [5.41, 5.74) is 2.54. The van der Waals surface area contributed by atoms with Crippen LogP contribution in [0.2, 0.25) is 0 Å². The average Bonchev–Trinajstić information content (AvgIpc) is 2.56. The maximum atomic E-state index is 5.60. The molecule has 3 heteroatoms. The molecule has 3 nitrogen and oxygen atoms in total. The second kappa shape index (κ2) is 9.11. The zero-order valence-electron chi connectivity index (χ0n) is 13.4. The summed E-state index contributed by atoms with van der Waals surface area (Å²) in [6.45, 7) is 4.06. The molecule has 0 unspecified atom stereocenters. The highest BCUT2D eigenvalue weighted by atomic mass is 16.5. The fourth-order valence-corrected chi connectivity index (χ4v) is 2.11. The molecule has 0 aliphatic carbocycles. The molecular formula is C19H24O3. The van der Waals surface area contributed by atoms with E-state index in [1.807, 2.05) is 24.3 Å². The topological polar surface area (TPSA) is 27.7 Å². The van der Waals surface area contributed by atoms with E-state index in [0.717, 1.165) is 30.9 Å². The van der Waals surface area contributed by atoms with Gasteiger partial charge in [0.25, 0.3) is 0 Å². The Bertz CT molecular complexity index is 532. The Labute approximate surface area is 132 Å². The van der Waals surface area contributed by atoms with E-state index in [9.17, 15) is 0 Å². The number of benzene rings is 2. The maximum Gasteiger partial charge on any atom is 0.119 e. The van der Waals surface area contributed by atoms with Gasteiger partial charge < -0.3 is 14.2 Å². The second-order valence-corrected chi connectivity index (χ2v) is 5.15. The smallest absolute Gasteiger partial charge is 0.119 e. The lowest BCUT2D eigenvalue weighted by Crippen LogP contribution is -2.04. The van der Waals surface area contributed by atoms with Gasteiger partial charge in [0, 0.05) is 7.11 Å². The molecule has 0 aliphatic rings. The molecule has 0 radical (unpaired) electrons. The van der Waals surface area contributed by atoms with E-state index in [1.54, 1.807) is 7.11 Å². The van der Waals surface area contributed by atoms with Crippen LogP contribution >= 0.6 is 0 Å². The minimum atomic E-state index is 0.578. The van der Waals surface area contributed by atoms with Crippen molar-refractivity contribution in [3.63, 3.8) is 0 Å². The van der Waals surface area contributed by atoms with E-state index in [4.69, 9.17) is 14.2 Å². The number of hydrogen-bond acceptors (Lipinski definition) is 3. The molecule has 118 valence electrons. The standard InChI is InChI=1S/C19H24O3/c1-3-12-21-18-8-4-16(5-9-18)15-17-6-10-19(11-7-17)22-14-13-20-2/h4-11H,3,12-15H2,1-2H3. The van der Waals surface area contributed by atoms with Gasteiger partial charge >= 0.3 is 0 Å². The first-order valence-electron chi connectivity index (χ1n) is 7.74. The third-order valence-electron chi connectivity index (χ3n) is 3.28. The molecule has 0 saturated carbocycles. The van der Waals surface area contributed by atoms with E-state index >= 15 is 0 Å². The van der Waals surface area contributed by atoms with Gasteiger partial charge in [-0.25, -0.2) is 0 Å². The van der Waals surface area contributed by atoms with Crippen LogP contribution in [0.5, 0.6) is 11.5 Å². The number of methoxy groups -OCH3 is 1. The highest BCUT2D eigenvalue weighted by Crippen LogP contribution is 2.18. The Balaban J connectivity index is 1.87. The van der Waals surface area contributed by atoms with E-state index in [0.29, 0.717) is 13.2 Å². The molecule has 22 heavy (non-hydrogen) atoms. The van der Waals surface area contributed by atoms with Gasteiger partial charge in [-0.15, -0.1) is 0 Å². The lowest BCUT2D eigenvalue weighted by molar-refractivity contribution is 0.146. The predicted molar refractivity (Wildman–Crippen MR) is 88.8 cm³/mol. The van der Waals surface area contributed by atoms with E-state index in [-0.39, 0.29) is 0 Å². The molecule has 0 bridgehead atoms. The molecule has 0 fully saturated rings. The molecule has 0 aliphatic heterocycles. The summed E-state index contributed by atoms with van der Waals surface area (Å²) in [5, 5.41) is 0. The summed E-state index contributed by atoms with van der Waals surface area (Å²) in [6.07, 6.45) is 1.94. The monoisotopic (exact) mass is 300 g/mol. The quantitative estimate of drug-likeness (QED) is 0.653. The Morgan fingerprint density at radius 2 is 1.18 bits per heavy atom. The first-order chi connectivity index (χ1) is 10.8. The van der Waals surface area contributed by atoms with Gasteiger partial charge in [-0.1, -0.05) is 31.2 Å². The Hall–Kier alpha value is -2.00. The van der Waals surface area contributed by atoms with Crippen molar-refractivity contribution in [1.29, 1.82) is 0 Å². The highest BCUT2D eigenvalue weighted by molar-refractivity contribution is 5.34. The molecule has 0 aromatic heterocycles. The van der Waals surface area contributed by atoms with E-state index in [2.05, 4.69) is 31.2 Å². The molecule has 0 atom stereocenters. The maximum absolute atomic E-state index is 5.60. The normalized spacial score (nSPS) is 10.5. The fraction of sp³-hybridized carbons (Fsp3) is 0.368. The molecule has 0 N–H and O–H groups in total. The molecule has 2 aromatic rings. The van der Waals surface area contributed by atoms with Gasteiger partial charge in [0.1, 0.15) is 18.1 Å². The van der Waals surface area contributed by atoms with Gasteiger partial charge in [0.05, 0.1) is 13.2 Å². The van der Waals surface area contributed by atoms with Crippen LogP contribution in [0.4, 0.5) is 0 Å². The van der Waals surface area contributed by atoms with Crippen LogP contribution in [-0.4, -0.2) is 26.9 Å². The summed E-state index contributed by atoms with van der Waals surface area (Å²) in [4.78, 5) is 0. The summed E-state index contributed by atoms with van der Waals surface area (Å²) in [5.74, 6) is 1.82. The lowest BCUT2D eigenvalue weighted by Gasteiger charge is -2.08. The van der Waals surface area contributed by atoms with Crippen molar-refractivity contribution in [2.45, 2.75) is 19.8 Å². The fourth-order valence-electron chi connectivity index (χ4n) is 2.11. The average molecular weight is 300 g/mol. The molecule has 2 aromatic carbocycles. The first-order valence-corrected chi connectivity index (χ1v) is 7.74. The molecular weight excluding hydrogens is 276 g/mol. The van der Waals surface area contributed by atoms with Crippen LogP contribution in [0, 0.1) is 0 Å². The molecule has 0 amide bonds. The van der Waals surface area contributed by atoms with Crippen molar-refractivity contribution in [2.24, 2.45) is 0 Å². The van der Waals surface area contributed by atoms with Crippen molar-refractivity contribution < 1.29 is 14.2 Å². The third kappa shape index (κ3) is 5.41. The zero-order valence-corrected chi connectivity index (χ0v) is 13.4. The lowest BCUT2D eigenvalue weighted by atomic mass is 10.0. The molecule has 0 spiro atoms. The van der Waals surface area contributed by atoms with Crippen LogP contribution in [0.1, 0.15) is 24.5 Å². The van der Waals surface area contributed by atoms with Crippen LogP contribution in [0.15, 0.2) is 48.5 Å². The third-order valence-corrected chi connectivity index (χ3v) is 3.28. The van der Waals surface area contributed by atoms with Crippen molar-refractivity contribution in [3.05, 3.63) is 59.7 Å². The Morgan fingerprint density at radius 1 is 0.682 bits per heavy atom. The van der Waals surface area contributed by atoms with Gasteiger partial charge in [-0.05, 0) is 48.2 Å². The summed E-state index contributed by atoms with van der Waals surface area (Å²) < 4.78 is 16.1. The van der Waals surface area contributed by atoms with Crippen LogP contribution in [0.25, 0.3) is 0 Å². The minimum absolute atomic E-state index is 0.578. The predicted octanol–water partition coefficient (Wildman–Crippen LogP) is 4.09. The highest BCUT2D eigenvalue weighted by Gasteiger charge is 1.99. The van der Waals surface area contributed by atoms with E-state index in [1.165, 1.54) is 11.1 Å². The Morgan fingerprint density at radius 3 is 1.64 bits per heavy atom. The number of rotatable bonds is 9. The van der Waals surface area contributed by atoms with Crippen molar-refractivity contribution >= 4 is 0 Å². The van der Waals surface area contributed by atoms with Crippen LogP contribution in [0.3, 0.4) is 0 Å². The van der Waals surface area contributed by atoms with Crippen molar-refractivity contribution in [3.8, 4) is 11.5 Å². The van der Waals surface area contributed by atoms with Crippen molar-refractivity contribution in [2.75, 3.05) is 26.9 Å². The van der Waals surface area contributed by atoms with Crippen molar-refractivity contribution in [1.82, 2.24) is 0 Å². The van der Waals surface area contributed by atoms with E-state index < -0.39 is 0 Å². The van der Waals surface area contributed by atoms with Gasteiger partial charge in [0.15, 0.2) is 0 Å². The Kier molecular flexibility index (Phi) is 6.78.